The smallest absolute Gasteiger partial charge is 0.243 e. The Morgan fingerprint density at radius 3 is 2.87 bits per heavy atom. The summed E-state index contributed by atoms with van der Waals surface area (Å²) in [5, 5.41) is 2.90. The third-order valence-corrected chi connectivity index (χ3v) is 7.68. The van der Waals surface area contributed by atoms with Crippen LogP contribution in [-0.2, 0) is 21.2 Å². The van der Waals surface area contributed by atoms with E-state index in [4.69, 9.17) is 4.74 Å². The quantitative estimate of drug-likeness (QED) is 0.667. The van der Waals surface area contributed by atoms with Gasteiger partial charge in [-0.25, -0.2) is 8.42 Å². The number of amides is 1. The maximum atomic E-state index is 13.0. The molecular weight excluding hydrogens is 404 g/mol. The highest BCUT2D eigenvalue weighted by molar-refractivity contribution is 7.89. The van der Waals surface area contributed by atoms with E-state index in [1.165, 1.54) is 4.31 Å². The highest BCUT2D eigenvalue weighted by Crippen LogP contribution is 2.30. The number of carbonyl (C=O) groups excluding carboxylic acids is 1. The van der Waals surface area contributed by atoms with E-state index >= 15 is 0 Å². The van der Waals surface area contributed by atoms with Crippen molar-refractivity contribution in [2.45, 2.75) is 24.2 Å². The summed E-state index contributed by atoms with van der Waals surface area (Å²) in [4.78, 5) is 20.3. The van der Waals surface area contributed by atoms with Gasteiger partial charge in [-0.05, 0) is 48.7 Å². The van der Waals surface area contributed by atoms with Gasteiger partial charge in [0, 0.05) is 31.6 Å². The molecule has 2 N–H and O–H groups in total. The van der Waals surface area contributed by atoms with Gasteiger partial charge in [-0.15, -0.1) is 0 Å². The van der Waals surface area contributed by atoms with Crippen molar-refractivity contribution in [3.8, 4) is 5.75 Å². The summed E-state index contributed by atoms with van der Waals surface area (Å²) in [6.07, 6.45) is 5.12. The molecule has 5 rings (SSSR count). The number of aromatic amines is 1. The molecule has 2 aromatic heterocycles. The number of H-pyrrole nitrogens is 1. The fraction of sp³-hybridized carbons (Fsp3) is 0.333. The first kappa shape index (κ1) is 19.1. The number of piperidine rings is 1. The minimum Gasteiger partial charge on any atom is -0.493 e. The van der Waals surface area contributed by atoms with Gasteiger partial charge in [-0.3, -0.25) is 9.78 Å². The molecule has 0 unspecified atom stereocenters. The van der Waals surface area contributed by atoms with Crippen molar-refractivity contribution in [2.75, 3.05) is 25.0 Å². The fourth-order valence-corrected chi connectivity index (χ4v) is 5.60. The number of hydrogen-bond acceptors (Lipinski definition) is 5. The van der Waals surface area contributed by atoms with Gasteiger partial charge in [-0.1, -0.05) is 0 Å². The van der Waals surface area contributed by atoms with Crippen molar-refractivity contribution >= 4 is 32.7 Å². The lowest BCUT2D eigenvalue weighted by Gasteiger charge is -2.30. The Bertz CT molecular complexity index is 1210. The van der Waals surface area contributed by atoms with Crippen LogP contribution in [0.15, 0.2) is 47.6 Å². The lowest BCUT2D eigenvalue weighted by molar-refractivity contribution is -0.120. The molecule has 4 heterocycles. The molecule has 1 amide bonds. The number of fused-ring (bicyclic) bond motifs is 2. The van der Waals surface area contributed by atoms with Crippen LogP contribution in [0, 0.1) is 5.92 Å². The molecule has 30 heavy (non-hydrogen) atoms. The van der Waals surface area contributed by atoms with E-state index in [0.29, 0.717) is 43.1 Å². The molecule has 1 fully saturated rings. The average Bonchev–Trinajstić information content (AvgIpc) is 3.42. The Balaban J connectivity index is 1.23. The summed E-state index contributed by atoms with van der Waals surface area (Å²) in [6, 6.07) is 8.75. The van der Waals surface area contributed by atoms with E-state index in [-0.39, 0.29) is 11.8 Å². The lowest BCUT2D eigenvalue weighted by Crippen LogP contribution is -2.41. The molecule has 0 aliphatic carbocycles. The predicted octanol–water partition coefficient (Wildman–Crippen LogP) is 2.54. The van der Waals surface area contributed by atoms with Crippen LogP contribution in [-0.4, -0.2) is 48.3 Å². The van der Waals surface area contributed by atoms with Crippen LogP contribution in [0.3, 0.4) is 0 Å². The van der Waals surface area contributed by atoms with Crippen LogP contribution in [0.4, 0.5) is 5.69 Å². The van der Waals surface area contributed by atoms with Gasteiger partial charge in [-0.2, -0.15) is 4.31 Å². The van der Waals surface area contributed by atoms with Gasteiger partial charge in [0.1, 0.15) is 5.75 Å². The van der Waals surface area contributed by atoms with E-state index in [1.807, 2.05) is 12.1 Å². The second-order valence-corrected chi connectivity index (χ2v) is 9.61. The summed E-state index contributed by atoms with van der Waals surface area (Å²) in [5.41, 5.74) is 3.25. The van der Waals surface area contributed by atoms with Crippen molar-refractivity contribution in [1.82, 2.24) is 14.3 Å². The number of ether oxygens (including phenoxy) is 1. The molecule has 8 nitrogen and oxygen atoms in total. The monoisotopic (exact) mass is 426 g/mol. The number of nitrogens with zero attached hydrogens (tertiary/aromatic N) is 2. The molecule has 0 spiro atoms. The second-order valence-electron chi connectivity index (χ2n) is 7.67. The highest BCUT2D eigenvalue weighted by atomic mass is 32.2. The molecule has 0 saturated carbocycles. The van der Waals surface area contributed by atoms with Crippen LogP contribution in [0.1, 0.15) is 18.4 Å². The zero-order valence-corrected chi connectivity index (χ0v) is 17.1. The average molecular weight is 426 g/mol. The Hall–Kier alpha value is -2.91. The number of anilines is 1. The van der Waals surface area contributed by atoms with E-state index in [1.54, 1.807) is 30.6 Å². The largest absolute Gasteiger partial charge is 0.493 e. The minimum atomic E-state index is -3.58. The Morgan fingerprint density at radius 2 is 2.03 bits per heavy atom. The minimum absolute atomic E-state index is 0.102. The molecule has 0 atom stereocenters. The summed E-state index contributed by atoms with van der Waals surface area (Å²) in [5.74, 6) is 0.426. The molecule has 2 aliphatic rings. The normalized spacial score (nSPS) is 17.6. The Kier molecular flexibility index (Phi) is 4.71. The van der Waals surface area contributed by atoms with E-state index in [9.17, 15) is 13.2 Å². The molecule has 1 saturated heterocycles. The Labute approximate surface area is 174 Å². The molecular formula is C21H22N4O4S. The van der Waals surface area contributed by atoms with Crippen molar-refractivity contribution in [2.24, 2.45) is 5.92 Å². The first-order chi connectivity index (χ1) is 14.5. The van der Waals surface area contributed by atoms with Gasteiger partial charge in [0.25, 0.3) is 0 Å². The van der Waals surface area contributed by atoms with Crippen molar-refractivity contribution < 1.29 is 17.9 Å². The van der Waals surface area contributed by atoms with E-state index < -0.39 is 10.0 Å². The van der Waals surface area contributed by atoms with Gasteiger partial charge in [0.2, 0.25) is 15.9 Å². The maximum absolute atomic E-state index is 13.0. The van der Waals surface area contributed by atoms with Gasteiger partial charge < -0.3 is 15.0 Å². The maximum Gasteiger partial charge on any atom is 0.243 e. The molecule has 0 bridgehead atoms. The first-order valence-corrected chi connectivity index (χ1v) is 11.4. The zero-order valence-electron chi connectivity index (χ0n) is 16.3. The summed E-state index contributed by atoms with van der Waals surface area (Å²) in [6.45, 7) is 1.23. The Morgan fingerprint density at radius 1 is 1.20 bits per heavy atom. The van der Waals surface area contributed by atoms with Crippen LogP contribution in [0.25, 0.3) is 11.0 Å². The SMILES string of the molecule is O=C(Nc1cnc2cc[nH]c2c1)C1CCN(S(=O)(=O)c2ccc3c(c2)CCO3)CC1. The van der Waals surface area contributed by atoms with Crippen molar-refractivity contribution in [3.05, 3.63) is 48.3 Å². The van der Waals surface area contributed by atoms with Crippen LogP contribution < -0.4 is 10.1 Å². The standard InChI is InChI=1S/C21H22N4O4S/c26-21(24-16-12-19-18(23-13-16)3-7-22-19)14-4-8-25(9-5-14)30(27,28)17-1-2-20-15(11-17)6-10-29-20/h1-3,7,11-14,22H,4-6,8-10H2,(H,24,26). The second kappa shape index (κ2) is 7.41. The summed E-state index contributed by atoms with van der Waals surface area (Å²) in [7, 11) is -3.58. The third-order valence-electron chi connectivity index (χ3n) is 5.79. The number of benzene rings is 1. The van der Waals surface area contributed by atoms with Crippen molar-refractivity contribution in [1.29, 1.82) is 0 Å². The summed E-state index contributed by atoms with van der Waals surface area (Å²) < 4.78 is 33.0. The molecule has 2 aliphatic heterocycles. The predicted molar refractivity (Wildman–Crippen MR) is 112 cm³/mol. The molecule has 9 heteroatoms. The van der Waals surface area contributed by atoms with Gasteiger partial charge in [0.05, 0.1) is 34.4 Å². The van der Waals surface area contributed by atoms with Gasteiger partial charge in [0.15, 0.2) is 0 Å². The van der Waals surface area contributed by atoms with Gasteiger partial charge >= 0.3 is 0 Å². The van der Waals surface area contributed by atoms with Crippen LogP contribution in [0.2, 0.25) is 0 Å². The van der Waals surface area contributed by atoms with Crippen LogP contribution in [0.5, 0.6) is 5.75 Å². The highest BCUT2D eigenvalue weighted by Gasteiger charge is 2.32. The van der Waals surface area contributed by atoms with E-state index in [2.05, 4.69) is 15.3 Å². The fourth-order valence-electron chi connectivity index (χ4n) is 4.08. The number of rotatable bonds is 4. The number of aromatic nitrogens is 2. The number of pyridine rings is 1. The molecule has 156 valence electrons. The van der Waals surface area contributed by atoms with Crippen LogP contribution >= 0.6 is 0 Å². The number of sulfonamides is 1. The number of carbonyl (C=O) groups is 1. The van der Waals surface area contributed by atoms with E-state index in [0.717, 1.165) is 28.8 Å². The number of nitrogens with one attached hydrogen (secondary N) is 2. The molecule has 3 aromatic rings. The summed E-state index contributed by atoms with van der Waals surface area (Å²) >= 11 is 0. The van der Waals surface area contributed by atoms with Crippen molar-refractivity contribution in [3.63, 3.8) is 0 Å². The third kappa shape index (κ3) is 3.44. The lowest BCUT2D eigenvalue weighted by atomic mass is 9.97. The molecule has 1 aromatic carbocycles. The number of hydrogen-bond donors (Lipinski definition) is 2. The topological polar surface area (TPSA) is 104 Å². The first-order valence-electron chi connectivity index (χ1n) is 10.0. The molecule has 0 radical (unpaired) electrons. The zero-order chi connectivity index (χ0) is 20.7.